The third-order valence-corrected chi connectivity index (χ3v) is 5.97. The Hall–Kier alpha value is -4.79. The second kappa shape index (κ2) is 9.83. The SMILES string of the molecule is C[C@H](NC(=O)c1cccnc1NCc1cccc(-c2c[nH]c3ncnc(N)c23)c1)c1ccc(F)cc1. The highest BCUT2D eigenvalue weighted by Gasteiger charge is 2.16. The van der Waals surface area contributed by atoms with Gasteiger partial charge in [0.25, 0.3) is 5.91 Å². The number of halogens is 1. The topological polar surface area (TPSA) is 122 Å². The number of carbonyl (C=O) groups is 1. The molecule has 1 atom stereocenters. The Bertz CT molecular complexity index is 1530. The van der Waals surface area contributed by atoms with Gasteiger partial charge in [0.15, 0.2) is 0 Å². The van der Waals surface area contributed by atoms with Gasteiger partial charge in [-0.1, -0.05) is 30.3 Å². The summed E-state index contributed by atoms with van der Waals surface area (Å²) in [5, 5.41) is 7.00. The lowest BCUT2D eigenvalue weighted by Crippen LogP contribution is -2.27. The fourth-order valence-electron chi connectivity index (χ4n) is 4.09. The molecule has 36 heavy (non-hydrogen) atoms. The van der Waals surface area contributed by atoms with E-state index in [4.69, 9.17) is 5.73 Å². The molecule has 0 aliphatic heterocycles. The minimum absolute atomic E-state index is 0.273. The van der Waals surface area contributed by atoms with E-state index in [2.05, 4.69) is 30.6 Å². The molecule has 0 spiro atoms. The number of anilines is 2. The van der Waals surface area contributed by atoms with Crippen LogP contribution in [0.1, 0.15) is 34.5 Å². The van der Waals surface area contributed by atoms with E-state index in [1.807, 2.05) is 37.4 Å². The van der Waals surface area contributed by atoms with Crippen LogP contribution in [0.5, 0.6) is 0 Å². The van der Waals surface area contributed by atoms with E-state index in [0.717, 1.165) is 27.6 Å². The number of hydrogen-bond acceptors (Lipinski definition) is 6. The smallest absolute Gasteiger partial charge is 0.255 e. The molecule has 0 saturated heterocycles. The highest BCUT2D eigenvalue weighted by molar-refractivity contribution is 6.00. The molecule has 0 bridgehead atoms. The van der Waals surface area contributed by atoms with Gasteiger partial charge in [-0.2, -0.15) is 0 Å². The molecule has 0 aliphatic rings. The second-order valence-corrected chi connectivity index (χ2v) is 8.39. The van der Waals surface area contributed by atoms with Gasteiger partial charge in [-0.25, -0.2) is 19.3 Å². The standard InChI is InChI=1S/C27H24FN7O/c1-16(18-7-9-20(28)10-8-18)35-27(36)21-6-3-11-30-25(21)31-13-17-4-2-5-19(12-17)22-14-32-26-23(22)24(29)33-15-34-26/h2-12,14-16H,13H2,1H3,(H,30,31)(H,35,36)(H3,29,32,33,34)/t16-/m0/s1. The Kier molecular flexibility index (Phi) is 6.27. The molecular formula is C27H24FN7O. The maximum Gasteiger partial charge on any atom is 0.255 e. The fourth-order valence-corrected chi connectivity index (χ4v) is 4.09. The van der Waals surface area contributed by atoms with Crippen molar-refractivity contribution >= 4 is 28.6 Å². The summed E-state index contributed by atoms with van der Waals surface area (Å²) in [6.45, 7) is 2.30. The van der Waals surface area contributed by atoms with Crippen molar-refractivity contribution in [2.24, 2.45) is 0 Å². The largest absolute Gasteiger partial charge is 0.383 e. The number of nitrogens with zero attached hydrogens (tertiary/aromatic N) is 3. The highest BCUT2D eigenvalue weighted by atomic mass is 19.1. The molecule has 1 amide bonds. The number of amides is 1. The van der Waals surface area contributed by atoms with Gasteiger partial charge < -0.3 is 21.4 Å². The molecule has 9 heteroatoms. The number of pyridine rings is 1. The van der Waals surface area contributed by atoms with Crippen LogP contribution in [0.15, 0.2) is 79.4 Å². The van der Waals surface area contributed by atoms with Gasteiger partial charge in [-0.15, -0.1) is 0 Å². The Balaban J connectivity index is 1.32. The number of H-pyrrole nitrogens is 1. The third-order valence-electron chi connectivity index (χ3n) is 5.97. The predicted octanol–water partition coefficient (Wildman–Crippen LogP) is 4.84. The summed E-state index contributed by atoms with van der Waals surface area (Å²) in [5.74, 6) is 0.294. The first-order valence-electron chi connectivity index (χ1n) is 11.4. The van der Waals surface area contributed by atoms with Crippen molar-refractivity contribution in [3.63, 3.8) is 0 Å². The Morgan fingerprint density at radius 2 is 1.92 bits per heavy atom. The van der Waals surface area contributed by atoms with Crippen LogP contribution in [-0.2, 0) is 6.54 Å². The molecule has 5 aromatic rings. The number of hydrogen-bond donors (Lipinski definition) is 4. The van der Waals surface area contributed by atoms with Crippen LogP contribution in [0, 0.1) is 5.82 Å². The lowest BCUT2D eigenvalue weighted by molar-refractivity contribution is 0.0940. The summed E-state index contributed by atoms with van der Waals surface area (Å²) in [6.07, 6.45) is 4.93. The number of carbonyl (C=O) groups excluding carboxylic acids is 1. The first-order valence-corrected chi connectivity index (χ1v) is 11.4. The summed E-state index contributed by atoms with van der Waals surface area (Å²) in [7, 11) is 0. The van der Waals surface area contributed by atoms with E-state index in [1.54, 1.807) is 30.5 Å². The zero-order valence-corrected chi connectivity index (χ0v) is 19.5. The van der Waals surface area contributed by atoms with Gasteiger partial charge >= 0.3 is 0 Å². The molecule has 0 saturated carbocycles. The summed E-state index contributed by atoms with van der Waals surface area (Å²) in [4.78, 5) is 28.8. The van der Waals surface area contributed by atoms with E-state index < -0.39 is 0 Å². The van der Waals surface area contributed by atoms with Crippen LogP contribution in [0.2, 0.25) is 0 Å². The van der Waals surface area contributed by atoms with Crippen molar-refractivity contribution in [2.75, 3.05) is 11.1 Å². The van der Waals surface area contributed by atoms with E-state index in [-0.39, 0.29) is 17.8 Å². The van der Waals surface area contributed by atoms with E-state index in [9.17, 15) is 9.18 Å². The molecule has 0 aliphatic carbocycles. The van der Waals surface area contributed by atoms with Crippen molar-refractivity contribution in [1.82, 2.24) is 25.3 Å². The molecule has 2 aromatic carbocycles. The number of rotatable bonds is 7. The van der Waals surface area contributed by atoms with Crippen LogP contribution in [0.25, 0.3) is 22.2 Å². The first-order chi connectivity index (χ1) is 17.5. The van der Waals surface area contributed by atoms with E-state index in [1.165, 1.54) is 18.5 Å². The summed E-state index contributed by atoms with van der Waals surface area (Å²) in [6, 6.07) is 17.2. The number of nitrogen functional groups attached to an aromatic ring is 1. The highest BCUT2D eigenvalue weighted by Crippen LogP contribution is 2.31. The Labute approximate surface area is 206 Å². The molecule has 3 aromatic heterocycles. The molecule has 5 N–H and O–H groups in total. The molecule has 3 heterocycles. The van der Waals surface area contributed by atoms with Crippen LogP contribution in [0.4, 0.5) is 16.0 Å². The van der Waals surface area contributed by atoms with Crippen LogP contribution in [-0.4, -0.2) is 25.8 Å². The zero-order valence-electron chi connectivity index (χ0n) is 19.5. The third kappa shape index (κ3) is 4.72. The molecule has 0 unspecified atom stereocenters. The average Bonchev–Trinajstić information content (AvgIpc) is 3.34. The van der Waals surface area contributed by atoms with Gasteiger partial charge in [-0.3, -0.25) is 4.79 Å². The Morgan fingerprint density at radius 3 is 2.75 bits per heavy atom. The fraction of sp³-hybridized carbons (Fsp3) is 0.111. The predicted molar refractivity (Wildman–Crippen MR) is 138 cm³/mol. The number of nitrogens with two attached hydrogens (primary N) is 1. The Morgan fingerprint density at radius 1 is 1.08 bits per heavy atom. The van der Waals surface area contributed by atoms with Crippen molar-refractivity contribution in [3.05, 3.63) is 102 Å². The van der Waals surface area contributed by atoms with Crippen LogP contribution < -0.4 is 16.4 Å². The average molecular weight is 482 g/mol. The first kappa shape index (κ1) is 23.0. The molecule has 5 rings (SSSR count). The number of fused-ring (bicyclic) bond motifs is 1. The maximum absolute atomic E-state index is 13.2. The molecule has 180 valence electrons. The van der Waals surface area contributed by atoms with Crippen molar-refractivity contribution in [1.29, 1.82) is 0 Å². The van der Waals surface area contributed by atoms with Gasteiger partial charge in [0.1, 0.15) is 29.4 Å². The monoisotopic (exact) mass is 481 g/mol. The quantitative estimate of drug-likeness (QED) is 0.264. The maximum atomic E-state index is 13.2. The van der Waals surface area contributed by atoms with Gasteiger partial charge in [0, 0.05) is 24.5 Å². The molecule has 0 radical (unpaired) electrons. The number of aromatic nitrogens is 4. The van der Waals surface area contributed by atoms with Gasteiger partial charge in [0.2, 0.25) is 0 Å². The number of benzene rings is 2. The minimum atomic E-state index is -0.318. The van der Waals surface area contributed by atoms with E-state index >= 15 is 0 Å². The van der Waals surface area contributed by atoms with Crippen molar-refractivity contribution in [3.8, 4) is 11.1 Å². The summed E-state index contributed by atoms with van der Waals surface area (Å²) < 4.78 is 13.2. The lowest BCUT2D eigenvalue weighted by atomic mass is 10.0. The normalized spacial score (nSPS) is 11.8. The van der Waals surface area contributed by atoms with Crippen molar-refractivity contribution < 1.29 is 9.18 Å². The lowest BCUT2D eigenvalue weighted by Gasteiger charge is -2.16. The molecule has 0 fully saturated rings. The summed E-state index contributed by atoms with van der Waals surface area (Å²) in [5.41, 5.74) is 10.9. The number of nitrogens with one attached hydrogen (secondary N) is 3. The van der Waals surface area contributed by atoms with Crippen molar-refractivity contribution in [2.45, 2.75) is 19.5 Å². The van der Waals surface area contributed by atoms with E-state index in [0.29, 0.717) is 29.4 Å². The van der Waals surface area contributed by atoms with Gasteiger partial charge in [-0.05, 0) is 53.9 Å². The van der Waals surface area contributed by atoms with Crippen LogP contribution in [0.3, 0.4) is 0 Å². The molecular weight excluding hydrogens is 457 g/mol. The molecule has 8 nitrogen and oxygen atoms in total. The second-order valence-electron chi connectivity index (χ2n) is 8.39. The zero-order chi connectivity index (χ0) is 25.1. The minimum Gasteiger partial charge on any atom is -0.383 e. The van der Waals surface area contributed by atoms with Gasteiger partial charge in [0.05, 0.1) is 17.0 Å². The van der Waals surface area contributed by atoms with Crippen LogP contribution >= 0.6 is 0 Å². The number of aromatic amines is 1. The summed E-state index contributed by atoms with van der Waals surface area (Å²) >= 11 is 0.